The number of thiophene rings is 1. The van der Waals surface area contributed by atoms with Crippen LogP contribution in [0.5, 0.6) is 5.75 Å². The number of nitrogens with one attached hydrogen (secondary N) is 1. The van der Waals surface area contributed by atoms with Crippen molar-refractivity contribution in [2.45, 2.75) is 6.04 Å². The van der Waals surface area contributed by atoms with Crippen LogP contribution in [0.3, 0.4) is 0 Å². The van der Waals surface area contributed by atoms with Gasteiger partial charge in [0.1, 0.15) is 18.4 Å². The van der Waals surface area contributed by atoms with Crippen LogP contribution >= 0.6 is 11.3 Å². The smallest absolute Gasteiger partial charge is 0.262 e. The van der Waals surface area contributed by atoms with Crippen LogP contribution in [0.2, 0.25) is 0 Å². The fourth-order valence-electron chi connectivity index (χ4n) is 2.89. The van der Waals surface area contributed by atoms with Crippen molar-refractivity contribution in [2.24, 2.45) is 0 Å². The van der Waals surface area contributed by atoms with E-state index in [1.807, 2.05) is 47.8 Å². The van der Waals surface area contributed by atoms with E-state index >= 15 is 0 Å². The van der Waals surface area contributed by atoms with Gasteiger partial charge in [-0.15, -0.1) is 11.3 Å². The molecule has 5 heteroatoms. The fraction of sp³-hybridized carbons (Fsp3) is 0.100. The van der Waals surface area contributed by atoms with Gasteiger partial charge in [0.05, 0.1) is 10.4 Å². The number of carbonyl (C=O) groups is 2. The van der Waals surface area contributed by atoms with Crippen LogP contribution in [0.25, 0.3) is 11.1 Å². The van der Waals surface area contributed by atoms with Gasteiger partial charge in [-0.1, -0.05) is 42.5 Å². The molecule has 0 bridgehead atoms. The zero-order chi connectivity index (χ0) is 17.2. The minimum absolute atomic E-state index is 0.118. The Kier molecular flexibility index (Phi) is 4.07. The highest BCUT2D eigenvalue weighted by Crippen LogP contribution is 2.29. The third kappa shape index (κ3) is 2.94. The molecule has 1 amide bonds. The van der Waals surface area contributed by atoms with Crippen molar-refractivity contribution in [3.63, 3.8) is 0 Å². The van der Waals surface area contributed by atoms with Crippen molar-refractivity contribution in [2.75, 3.05) is 6.61 Å². The maximum absolute atomic E-state index is 12.7. The van der Waals surface area contributed by atoms with Gasteiger partial charge in [0, 0.05) is 5.56 Å². The number of ether oxygens (including phenoxy) is 1. The molecule has 0 spiro atoms. The molecular weight excluding hydrogens is 334 g/mol. The maximum atomic E-state index is 12.7. The summed E-state index contributed by atoms with van der Waals surface area (Å²) in [6.45, 7) is 0.146. The second-order valence-corrected chi connectivity index (χ2v) is 6.64. The van der Waals surface area contributed by atoms with Crippen molar-refractivity contribution < 1.29 is 14.3 Å². The molecule has 0 saturated carbocycles. The van der Waals surface area contributed by atoms with Gasteiger partial charge in [0.2, 0.25) is 0 Å². The molecule has 124 valence electrons. The summed E-state index contributed by atoms with van der Waals surface area (Å²) >= 11 is 1.36. The zero-order valence-corrected chi connectivity index (χ0v) is 14.1. The molecule has 4 nitrogen and oxygen atoms in total. The molecule has 0 saturated heterocycles. The van der Waals surface area contributed by atoms with Gasteiger partial charge in [-0.3, -0.25) is 9.59 Å². The lowest BCUT2D eigenvalue weighted by atomic mass is 10.0. The van der Waals surface area contributed by atoms with E-state index in [9.17, 15) is 9.59 Å². The number of hydrogen-bond donors (Lipinski definition) is 1. The van der Waals surface area contributed by atoms with Crippen LogP contribution < -0.4 is 10.1 Å². The van der Waals surface area contributed by atoms with E-state index in [1.165, 1.54) is 11.3 Å². The topological polar surface area (TPSA) is 55.4 Å². The van der Waals surface area contributed by atoms with Gasteiger partial charge in [0.25, 0.3) is 5.91 Å². The summed E-state index contributed by atoms with van der Waals surface area (Å²) in [5.74, 6) is 0.197. The van der Waals surface area contributed by atoms with E-state index in [0.29, 0.717) is 16.2 Å². The Labute approximate surface area is 149 Å². The summed E-state index contributed by atoms with van der Waals surface area (Å²) in [5, 5.41) is 4.70. The number of fused-ring (bicyclic) bond motifs is 1. The summed E-state index contributed by atoms with van der Waals surface area (Å²) < 4.78 is 5.61. The first-order chi connectivity index (χ1) is 12.2. The standard InChI is InChI=1S/C20H15NO3S/c22-18-15-8-4-5-9-17(15)24-12-16(18)21-20(23)19-14(10-11-25-19)13-6-2-1-3-7-13/h1-11,16H,12H2,(H,21,23). The number of para-hydroxylation sites is 1. The largest absolute Gasteiger partial charge is 0.490 e. The van der Waals surface area contributed by atoms with E-state index in [0.717, 1.165) is 11.1 Å². The van der Waals surface area contributed by atoms with Gasteiger partial charge in [0.15, 0.2) is 5.78 Å². The number of hydrogen-bond acceptors (Lipinski definition) is 4. The summed E-state index contributed by atoms with van der Waals surface area (Å²) in [5.41, 5.74) is 2.35. The molecule has 0 aliphatic carbocycles. The number of benzene rings is 2. The lowest BCUT2D eigenvalue weighted by Gasteiger charge is -2.24. The number of amides is 1. The quantitative estimate of drug-likeness (QED) is 0.783. The lowest BCUT2D eigenvalue weighted by Crippen LogP contribution is -2.47. The van der Waals surface area contributed by atoms with Crippen LogP contribution in [0.15, 0.2) is 66.0 Å². The van der Waals surface area contributed by atoms with Gasteiger partial charge in [-0.2, -0.15) is 0 Å². The molecule has 1 aromatic heterocycles. The molecule has 1 aliphatic rings. The Morgan fingerprint density at radius 2 is 1.76 bits per heavy atom. The van der Waals surface area contributed by atoms with Crippen molar-refractivity contribution >= 4 is 23.0 Å². The average Bonchev–Trinajstić information content (AvgIpc) is 3.15. The van der Waals surface area contributed by atoms with Crippen LogP contribution in [0, 0.1) is 0 Å². The third-order valence-corrected chi connectivity index (χ3v) is 5.05. The second-order valence-electron chi connectivity index (χ2n) is 5.73. The van der Waals surface area contributed by atoms with E-state index in [4.69, 9.17) is 4.74 Å². The second kappa shape index (κ2) is 6.53. The monoisotopic (exact) mass is 349 g/mol. The van der Waals surface area contributed by atoms with Crippen LogP contribution in [-0.2, 0) is 0 Å². The average molecular weight is 349 g/mol. The molecule has 25 heavy (non-hydrogen) atoms. The van der Waals surface area contributed by atoms with E-state index in [2.05, 4.69) is 5.32 Å². The normalized spacial score (nSPS) is 16.0. The van der Waals surface area contributed by atoms with Crippen LogP contribution in [-0.4, -0.2) is 24.3 Å². The van der Waals surface area contributed by atoms with Crippen molar-refractivity contribution in [1.82, 2.24) is 5.32 Å². The van der Waals surface area contributed by atoms with Crippen LogP contribution in [0.4, 0.5) is 0 Å². The third-order valence-electron chi connectivity index (χ3n) is 4.14. The Bertz CT molecular complexity index is 933. The first-order valence-corrected chi connectivity index (χ1v) is 8.82. The summed E-state index contributed by atoms with van der Waals surface area (Å²) in [6.07, 6.45) is 0. The van der Waals surface area contributed by atoms with Crippen molar-refractivity contribution in [1.29, 1.82) is 0 Å². The molecule has 1 N–H and O–H groups in total. The highest BCUT2D eigenvalue weighted by Gasteiger charge is 2.30. The highest BCUT2D eigenvalue weighted by molar-refractivity contribution is 7.12. The number of carbonyl (C=O) groups excluding carboxylic acids is 2. The SMILES string of the molecule is O=C(NC1COc2ccccc2C1=O)c1sccc1-c1ccccc1. The molecule has 1 aliphatic heterocycles. The molecular formula is C20H15NO3S. The highest BCUT2D eigenvalue weighted by atomic mass is 32.1. The number of Topliss-reactive ketones (excluding diaryl/α,β-unsaturated/α-hetero) is 1. The molecule has 4 rings (SSSR count). The lowest BCUT2D eigenvalue weighted by molar-refractivity contribution is 0.0797. The minimum atomic E-state index is -0.673. The molecule has 3 aromatic rings. The van der Waals surface area contributed by atoms with Crippen molar-refractivity contribution in [3.8, 4) is 16.9 Å². The summed E-state index contributed by atoms with van der Waals surface area (Å²) in [7, 11) is 0. The summed E-state index contributed by atoms with van der Waals surface area (Å²) in [4.78, 5) is 25.9. The Morgan fingerprint density at radius 1 is 1.00 bits per heavy atom. The number of rotatable bonds is 3. The Balaban J connectivity index is 1.56. The van der Waals surface area contributed by atoms with Crippen molar-refractivity contribution in [3.05, 3.63) is 76.5 Å². The van der Waals surface area contributed by atoms with Gasteiger partial charge in [-0.25, -0.2) is 0 Å². The molecule has 2 heterocycles. The Hall–Kier alpha value is -2.92. The fourth-order valence-corrected chi connectivity index (χ4v) is 3.71. The van der Waals surface area contributed by atoms with Gasteiger partial charge < -0.3 is 10.1 Å². The predicted molar refractivity (Wildman–Crippen MR) is 97.3 cm³/mol. The maximum Gasteiger partial charge on any atom is 0.262 e. The molecule has 2 aromatic carbocycles. The van der Waals surface area contributed by atoms with E-state index < -0.39 is 6.04 Å². The van der Waals surface area contributed by atoms with E-state index in [-0.39, 0.29) is 18.3 Å². The first kappa shape index (κ1) is 15.6. The van der Waals surface area contributed by atoms with Crippen LogP contribution in [0.1, 0.15) is 20.0 Å². The molecule has 1 atom stereocenters. The minimum Gasteiger partial charge on any atom is -0.490 e. The zero-order valence-electron chi connectivity index (χ0n) is 13.3. The Morgan fingerprint density at radius 3 is 2.60 bits per heavy atom. The molecule has 1 unspecified atom stereocenters. The first-order valence-electron chi connectivity index (χ1n) is 7.94. The van der Waals surface area contributed by atoms with Gasteiger partial charge >= 0.3 is 0 Å². The van der Waals surface area contributed by atoms with Gasteiger partial charge in [-0.05, 0) is 29.1 Å². The predicted octanol–water partition coefficient (Wildman–Crippen LogP) is 3.79. The van der Waals surface area contributed by atoms with E-state index in [1.54, 1.807) is 18.2 Å². The summed E-state index contributed by atoms with van der Waals surface area (Å²) in [6, 6.07) is 18.1. The molecule has 0 radical (unpaired) electrons. The number of ketones is 1. The molecule has 0 fully saturated rings.